The van der Waals surface area contributed by atoms with Crippen molar-refractivity contribution >= 4 is 7.69 Å². The van der Waals surface area contributed by atoms with E-state index in [0.717, 1.165) is 24.6 Å². The molecule has 0 bridgehead atoms. The first-order chi connectivity index (χ1) is 14.8. The maximum Gasteiger partial charge on any atom is 0.576 e. The van der Waals surface area contributed by atoms with Crippen LogP contribution in [0.15, 0.2) is 48.5 Å². The Labute approximate surface area is 188 Å². The van der Waals surface area contributed by atoms with Crippen molar-refractivity contribution in [2.24, 2.45) is 10.8 Å². The largest absolute Gasteiger partial charge is 0.576 e. The van der Waals surface area contributed by atoms with E-state index in [1.54, 1.807) is 0 Å². The lowest BCUT2D eigenvalue weighted by atomic mass is 9.93. The van der Waals surface area contributed by atoms with Gasteiger partial charge in [-0.05, 0) is 72.2 Å². The number of hydrogen-bond acceptors (Lipinski definition) is 4. The molecule has 0 aromatic heterocycles. The Morgan fingerprint density at radius 3 is 1.39 bits per heavy atom. The molecule has 2 aliphatic rings. The summed E-state index contributed by atoms with van der Waals surface area (Å²) in [5, 5.41) is 0. The van der Waals surface area contributed by atoms with Crippen molar-refractivity contribution < 1.29 is 9.31 Å². The fourth-order valence-corrected chi connectivity index (χ4v) is 4.78. The van der Waals surface area contributed by atoms with Gasteiger partial charge in [0.15, 0.2) is 0 Å². The van der Waals surface area contributed by atoms with Crippen LogP contribution in [0.1, 0.15) is 51.7 Å². The SMILES string of the molecule is CC1(C)CCN(Cc2ccc(OBOc3ccc(CN4CCC(C)(C)C4)cc3)cc2)C1. The number of hydrogen-bond donors (Lipinski definition) is 0. The Kier molecular flexibility index (Phi) is 6.64. The highest BCUT2D eigenvalue weighted by atomic mass is 16.6. The summed E-state index contributed by atoms with van der Waals surface area (Å²) in [6.07, 6.45) is 2.56. The van der Waals surface area contributed by atoms with Crippen LogP contribution >= 0.6 is 0 Å². The minimum absolute atomic E-state index is 0.222. The monoisotopic (exact) mass is 420 g/mol. The summed E-state index contributed by atoms with van der Waals surface area (Å²) in [7, 11) is 0.222. The molecule has 2 fully saturated rings. The lowest BCUT2D eigenvalue weighted by Crippen LogP contribution is -2.22. The van der Waals surface area contributed by atoms with Crippen molar-refractivity contribution in [2.45, 2.75) is 53.6 Å². The molecule has 2 saturated heterocycles. The molecule has 0 atom stereocenters. The van der Waals surface area contributed by atoms with Crippen molar-refractivity contribution in [1.29, 1.82) is 0 Å². The molecule has 4 rings (SSSR count). The molecule has 2 aromatic rings. The summed E-state index contributed by atoms with van der Waals surface area (Å²) in [4.78, 5) is 5.07. The van der Waals surface area contributed by atoms with Crippen molar-refractivity contribution in [3.8, 4) is 11.5 Å². The molecule has 0 N–H and O–H groups in total. The van der Waals surface area contributed by atoms with Gasteiger partial charge in [0.1, 0.15) is 11.5 Å². The Morgan fingerprint density at radius 2 is 1.06 bits per heavy atom. The molecule has 0 amide bonds. The molecule has 4 nitrogen and oxygen atoms in total. The predicted octanol–water partition coefficient (Wildman–Crippen LogP) is 4.87. The maximum atomic E-state index is 5.78. The van der Waals surface area contributed by atoms with Gasteiger partial charge >= 0.3 is 7.69 Å². The van der Waals surface area contributed by atoms with Crippen molar-refractivity contribution in [2.75, 3.05) is 26.2 Å². The van der Waals surface area contributed by atoms with Gasteiger partial charge in [0.2, 0.25) is 0 Å². The average Bonchev–Trinajstić information content (AvgIpc) is 3.24. The van der Waals surface area contributed by atoms with Gasteiger partial charge in [-0.25, -0.2) is 0 Å². The lowest BCUT2D eigenvalue weighted by Gasteiger charge is -2.20. The first-order valence-electron chi connectivity index (χ1n) is 11.6. The molecular formula is C26H37BN2O2. The Morgan fingerprint density at radius 1 is 0.677 bits per heavy atom. The van der Waals surface area contributed by atoms with Gasteiger partial charge in [-0.2, -0.15) is 0 Å². The van der Waals surface area contributed by atoms with Crippen LogP contribution in [-0.4, -0.2) is 43.7 Å². The maximum absolute atomic E-state index is 5.78. The van der Waals surface area contributed by atoms with E-state index in [1.807, 2.05) is 24.3 Å². The van der Waals surface area contributed by atoms with Crippen molar-refractivity contribution in [3.05, 3.63) is 59.7 Å². The molecule has 2 aliphatic heterocycles. The Bertz CT molecular complexity index is 777. The van der Waals surface area contributed by atoms with Crippen LogP contribution in [-0.2, 0) is 13.1 Å². The smallest absolute Gasteiger partial charge is 0.529 e. The summed E-state index contributed by atoms with van der Waals surface area (Å²) >= 11 is 0. The van der Waals surface area contributed by atoms with Crippen LogP contribution in [0.3, 0.4) is 0 Å². The standard InChI is InChI=1S/C26H37BN2O2/c1-25(2)13-15-28(19-25)17-21-5-9-23(10-6-21)30-27-31-24-11-7-22(8-12-24)18-29-16-14-26(3,4)20-29/h5-12,27H,13-20H2,1-4H3. The number of rotatable bonds is 8. The highest BCUT2D eigenvalue weighted by Crippen LogP contribution is 2.31. The highest BCUT2D eigenvalue weighted by molar-refractivity contribution is 6.20. The van der Waals surface area contributed by atoms with E-state index in [-0.39, 0.29) is 7.69 Å². The van der Waals surface area contributed by atoms with E-state index < -0.39 is 0 Å². The van der Waals surface area contributed by atoms with Crippen LogP contribution in [0.5, 0.6) is 11.5 Å². The van der Waals surface area contributed by atoms with E-state index in [1.165, 1.54) is 50.1 Å². The number of likely N-dealkylation sites (tertiary alicyclic amines) is 2. The number of nitrogens with zero attached hydrogens (tertiary/aromatic N) is 2. The summed E-state index contributed by atoms with van der Waals surface area (Å²) in [5.74, 6) is 1.69. The first kappa shape index (κ1) is 22.2. The molecule has 5 heteroatoms. The molecule has 0 spiro atoms. The Balaban J connectivity index is 1.19. The van der Waals surface area contributed by atoms with Gasteiger partial charge in [-0.15, -0.1) is 0 Å². The van der Waals surface area contributed by atoms with E-state index >= 15 is 0 Å². The third-order valence-electron chi connectivity index (χ3n) is 6.62. The zero-order chi connectivity index (χ0) is 21.9. The second-order valence-electron chi connectivity index (χ2n) is 10.9. The summed E-state index contributed by atoms with van der Waals surface area (Å²) in [6.45, 7) is 16.2. The zero-order valence-electron chi connectivity index (χ0n) is 19.7. The zero-order valence-corrected chi connectivity index (χ0v) is 19.7. The second-order valence-corrected chi connectivity index (χ2v) is 10.9. The molecule has 0 radical (unpaired) electrons. The van der Waals surface area contributed by atoms with Gasteiger partial charge < -0.3 is 9.31 Å². The predicted molar refractivity (Wildman–Crippen MR) is 129 cm³/mol. The minimum atomic E-state index is 0.222. The van der Waals surface area contributed by atoms with E-state index in [9.17, 15) is 0 Å². The van der Waals surface area contributed by atoms with Crippen LogP contribution in [0.25, 0.3) is 0 Å². The second kappa shape index (κ2) is 9.26. The lowest BCUT2D eigenvalue weighted by molar-refractivity contribution is 0.284. The molecule has 31 heavy (non-hydrogen) atoms. The molecule has 2 aromatic carbocycles. The van der Waals surface area contributed by atoms with Crippen LogP contribution < -0.4 is 9.31 Å². The van der Waals surface area contributed by atoms with Crippen LogP contribution in [0.4, 0.5) is 0 Å². The normalized spacial score (nSPS) is 20.6. The molecule has 0 aliphatic carbocycles. The summed E-state index contributed by atoms with van der Waals surface area (Å²) < 4.78 is 11.6. The molecule has 0 unspecified atom stereocenters. The van der Waals surface area contributed by atoms with Gasteiger partial charge in [0, 0.05) is 26.2 Å². The quantitative estimate of drug-likeness (QED) is 0.569. The topological polar surface area (TPSA) is 24.9 Å². The summed E-state index contributed by atoms with van der Waals surface area (Å²) in [6, 6.07) is 16.8. The molecule has 166 valence electrons. The third-order valence-corrected chi connectivity index (χ3v) is 6.62. The van der Waals surface area contributed by atoms with Crippen LogP contribution in [0.2, 0.25) is 0 Å². The third kappa shape index (κ3) is 6.50. The Hall–Kier alpha value is -1.98. The highest BCUT2D eigenvalue weighted by Gasteiger charge is 2.29. The average molecular weight is 420 g/mol. The fraction of sp³-hybridized carbons (Fsp3) is 0.538. The van der Waals surface area contributed by atoms with Crippen molar-refractivity contribution in [3.63, 3.8) is 0 Å². The van der Waals surface area contributed by atoms with E-state index in [0.29, 0.717) is 10.8 Å². The van der Waals surface area contributed by atoms with Gasteiger partial charge in [0.25, 0.3) is 0 Å². The minimum Gasteiger partial charge on any atom is -0.529 e. The number of benzene rings is 2. The summed E-state index contributed by atoms with van der Waals surface area (Å²) in [5.41, 5.74) is 3.57. The van der Waals surface area contributed by atoms with E-state index in [4.69, 9.17) is 9.31 Å². The van der Waals surface area contributed by atoms with Crippen LogP contribution in [0, 0.1) is 10.8 Å². The molecule has 2 heterocycles. The molecular weight excluding hydrogens is 383 g/mol. The van der Waals surface area contributed by atoms with Gasteiger partial charge in [-0.3, -0.25) is 9.80 Å². The van der Waals surface area contributed by atoms with Gasteiger partial charge in [-0.1, -0.05) is 52.0 Å². The van der Waals surface area contributed by atoms with E-state index in [2.05, 4.69) is 61.8 Å². The first-order valence-corrected chi connectivity index (χ1v) is 11.6. The molecule has 0 saturated carbocycles. The van der Waals surface area contributed by atoms with Crippen molar-refractivity contribution in [1.82, 2.24) is 9.80 Å². The fourth-order valence-electron chi connectivity index (χ4n) is 4.78. The van der Waals surface area contributed by atoms with Gasteiger partial charge in [0.05, 0.1) is 0 Å².